The number of carbonyl (C=O) groups excluding carboxylic acids is 1. The van der Waals surface area contributed by atoms with E-state index in [0.717, 1.165) is 18.1 Å². The van der Waals surface area contributed by atoms with E-state index in [1.807, 2.05) is 20.8 Å². The minimum absolute atomic E-state index is 0.654. The van der Waals surface area contributed by atoms with E-state index in [1.54, 1.807) is 30.3 Å². The number of carbonyl (C=O) groups is 1. The Hall–Kier alpha value is -1.85. The van der Waals surface area contributed by atoms with Crippen LogP contribution in [0.15, 0.2) is 42.5 Å². The summed E-state index contributed by atoms with van der Waals surface area (Å²) in [6, 6.07) is 11.0. The lowest BCUT2D eigenvalue weighted by molar-refractivity contribution is -0.312. The van der Waals surface area contributed by atoms with Gasteiger partial charge in [-0.25, -0.2) is 4.79 Å². The second-order valence-electron chi connectivity index (χ2n) is 7.89. The lowest BCUT2D eigenvalue weighted by Crippen LogP contribution is -2.46. The van der Waals surface area contributed by atoms with E-state index >= 15 is 0 Å². The largest absolute Gasteiger partial charge is 0.439 e. The van der Waals surface area contributed by atoms with Crippen molar-refractivity contribution in [3.63, 3.8) is 0 Å². The summed E-state index contributed by atoms with van der Waals surface area (Å²) in [5.41, 5.74) is -0.261. The number of ether oxygens (including phenoxy) is 1. The van der Waals surface area contributed by atoms with Gasteiger partial charge in [0.15, 0.2) is 8.32 Å². The van der Waals surface area contributed by atoms with Gasteiger partial charge in [0.2, 0.25) is 0 Å². The third-order valence-electron chi connectivity index (χ3n) is 5.85. The molecule has 188 valence electrons. The van der Waals surface area contributed by atoms with Crippen LogP contribution in [0.2, 0.25) is 18.1 Å². The van der Waals surface area contributed by atoms with Gasteiger partial charge in [0.25, 0.3) is 6.10 Å². The molecule has 0 spiro atoms. The highest BCUT2D eigenvalue weighted by Crippen LogP contribution is 2.39. The van der Waals surface area contributed by atoms with Crippen LogP contribution in [0.3, 0.4) is 0 Å². The molecule has 0 bridgehead atoms. The van der Waals surface area contributed by atoms with Gasteiger partial charge in [-0.1, -0.05) is 64.6 Å². The first-order valence-electron chi connectivity index (χ1n) is 10.6. The molecule has 3 atom stereocenters. The monoisotopic (exact) mass is 500 g/mol. The van der Waals surface area contributed by atoms with Crippen molar-refractivity contribution < 1.29 is 45.4 Å². The Balaban J connectivity index is 3.20. The van der Waals surface area contributed by atoms with Gasteiger partial charge in [0, 0.05) is 5.92 Å². The van der Waals surface area contributed by atoms with Gasteiger partial charge in [0.1, 0.15) is 0 Å². The van der Waals surface area contributed by atoms with Gasteiger partial charge >= 0.3 is 18.3 Å². The van der Waals surface area contributed by atoms with Crippen LogP contribution in [0.4, 0.5) is 26.3 Å². The number of alkyl halides is 6. The SMILES string of the molecule is C=C(C(=O)OC(C(F)(F)F)C(F)(F)F)[C@H](O)[C@@H](C)[C@H](O[Si](CC)(CC)CC)c1ccccc1. The zero-order valence-corrected chi connectivity index (χ0v) is 20.0. The molecule has 33 heavy (non-hydrogen) atoms. The molecule has 0 unspecified atom stereocenters. The predicted octanol–water partition coefficient (Wildman–Crippen LogP) is 6.34. The summed E-state index contributed by atoms with van der Waals surface area (Å²) < 4.78 is 86.7. The first-order valence-corrected chi connectivity index (χ1v) is 13.1. The second kappa shape index (κ2) is 11.5. The van der Waals surface area contributed by atoms with Crippen LogP contribution in [-0.4, -0.2) is 44.0 Å². The zero-order valence-electron chi connectivity index (χ0n) is 19.0. The van der Waals surface area contributed by atoms with Crippen LogP contribution in [-0.2, 0) is 14.0 Å². The molecular formula is C22H30F6O4Si. The maximum absolute atomic E-state index is 12.7. The zero-order chi connectivity index (χ0) is 25.6. The average Bonchev–Trinajstić information content (AvgIpc) is 2.76. The number of hydrogen-bond donors (Lipinski definition) is 1. The van der Waals surface area contributed by atoms with E-state index in [9.17, 15) is 36.2 Å². The van der Waals surface area contributed by atoms with Crippen molar-refractivity contribution in [2.75, 3.05) is 0 Å². The lowest BCUT2D eigenvalue weighted by Gasteiger charge is -2.38. The summed E-state index contributed by atoms with van der Waals surface area (Å²) in [5.74, 6) is -2.90. The summed E-state index contributed by atoms with van der Waals surface area (Å²) in [6.07, 6.45) is -18.6. The number of aliphatic hydroxyl groups excluding tert-OH is 1. The average molecular weight is 501 g/mol. The Labute approximate surface area is 190 Å². The highest BCUT2D eigenvalue weighted by atomic mass is 28.4. The maximum Gasteiger partial charge on any atom is 0.434 e. The Morgan fingerprint density at radius 1 is 1.00 bits per heavy atom. The van der Waals surface area contributed by atoms with E-state index in [2.05, 4.69) is 11.3 Å². The summed E-state index contributed by atoms with van der Waals surface area (Å²) in [4.78, 5) is 12.1. The molecule has 0 aliphatic rings. The molecule has 1 aromatic rings. The summed E-state index contributed by atoms with van der Waals surface area (Å²) in [5, 5.41) is 10.7. The number of benzene rings is 1. The molecule has 0 amide bonds. The van der Waals surface area contributed by atoms with Crippen LogP contribution < -0.4 is 0 Å². The van der Waals surface area contributed by atoms with Crippen molar-refractivity contribution in [3.8, 4) is 0 Å². The topological polar surface area (TPSA) is 55.8 Å². The molecule has 0 saturated carbocycles. The minimum atomic E-state index is -5.87. The van der Waals surface area contributed by atoms with Crippen molar-refractivity contribution >= 4 is 14.3 Å². The lowest BCUT2D eigenvalue weighted by atomic mass is 9.89. The number of aliphatic hydroxyl groups is 1. The molecule has 1 rings (SSSR count). The van der Waals surface area contributed by atoms with Gasteiger partial charge in [0.05, 0.1) is 17.8 Å². The molecule has 0 saturated heterocycles. The molecule has 0 radical (unpaired) electrons. The summed E-state index contributed by atoms with van der Waals surface area (Å²) >= 11 is 0. The Kier molecular flexibility index (Phi) is 10.2. The number of hydrogen-bond acceptors (Lipinski definition) is 4. The van der Waals surface area contributed by atoms with Crippen LogP contribution in [0.1, 0.15) is 39.4 Å². The Morgan fingerprint density at radius 3 is 1.85 bits per heavy atom. The third-order valence-corrected chi connectivity index (χ3v) is 10.5. The maximum atomic E-state index is 12.7. The number of halogens is 6. The molecule has 11 heteroatoms. The first-order chi connectivity index (χ1) is 15.1. The normalized spacial score (nSPS) is 15.8. The van der Waals surface area contributed by atoms with E-state index in [-0.39, 0.29) is 0 Å². The predicted molar refractivity (Wildman–Crippen MR) is 114 cm³/mol. The van der Waals surface area contributed by atoms with Crippen LogP contribution in [0.25, 0.3) is 0 Å². The second-order valence-corrected chi connectivity index (χ2v) is 12.6. The van der Waals surface area contributed by atoms with E-state index in [4.69, 9.17) is 4.43 Å². The molecule has 0 fully saturated rings. The molecule has 0 aliphatic heterocycles. The van der Waals surface area contributed by atoms with Crippen molar-refractivity contribution in [2.45, 2.75) is 76.5 Å². The molecule has 0 aromatic heterocycles. The Morgan fingerprint density at radius 2 is 1.45 bits per heavy atom. The van der Waals surface area contributed by atoms with Gasteiger partial charge < -0.3 is 14.3 Å². The quantitative estimate of drug-likeness (QED) is 0.167. The fourth-order valence-corrected chi connectivity index (χ4v) is 6.39. The van der Waals surface area contributed by atoms with E-state index in [1.165, 1.54) is 6.92 Å². The van der Waals surface area contributed by atoms with E-state index in [0.29, 0.717) is 5.56 Å². The molecule has 0 heterocycles. The van der Waals surface area contributed by atoms with Crippen LogP contribution in [0, 0.1) is 5.92 Å². The van der Waals surface area contributed by atoms with Crippen LogP contribution >= 0.6 is 0 Å². The van der Waals surface area contributed by atoms with Gasteiger partial charge in [-0.2, -0.15) is 26.3 Å². The van der Waals surface area contributed by atoms with Crippen molar-refractivity contribution in [1.82, 2.24) is 0 Å². The fraction of sp³-hybridized carbons (Fsp3) is 0.591. The van der Waals surface area contributed by atoms with Crippen LogP contribution in [0.5, 0.6) is 0 Å². The molecular weight excluding hydrogens is 470 g/mol. The fourth-order valence-electron chi connectivity index (χ4n) is 3.50. The Bertz CT molecular complexity index is 755. The van der Waals surface area contributed by atoms with Gasteiger partial charge in [-0.05, 0) is 23.7 Å². The molecule has 4 nitrogen and oxygen atoms in total. The van der Waals surface area contributed by atoms with Crippen molar-refractivity contribution in [1.29, 1.82) is 0 Å². The third kappa shape index (κ3) is 7.58. The highest BCUT2D eigenvalue weighted by Gasteiger charge is 2.60. The van der Waals surface area contributed by atoms with Gasteiger partial charge in [-0.3, -0.25) is 0 Å². The van der Waals surface area contributed by atoms with Gasteiger partial charge in [-0.15, -0.1) is 0 Å². The van der Waals surface area contributed by atoms with Crippen molar-refractivity contribution in [3.05, 3.63) is 48.0 Å². The highest BCUT2D eigenvalue weighted by molar-refractivity contribution is 6.73. The molecule has 1 aromatic carbocycles. The van der Waals surface area contributed by atoms with Crippen molar-refractivity contribution in [2.24, 2.45) is 5.92 Å². The number of rotatable bonds is 11. The van der Waals surface area contributed by atoms with E-state index < -0.39 is 56.4 Å². The summed E-state index contributed by atoms with van der Waals surface area (Å²) in [7, 11) is -2.26. The standard InChI is InChI=1S/C22H30F6O4Si/c1-6-33(7-2,8-3)32-18(16-12-10-9-11-13-16)14(4)17(29)15(5)19(30)31-20(21(23,24)25)22(26,27)28/h9-14,17-18,20,29H,5-8H2,1-4H3/t14-,17-,18+/m1/s1. The molecule has 0 aliphatic carbocycles. The summed E-state index contributed by atoms with van der Waals surface area (Å²) in [6.45, 7) is 10.7. The minimum Gasteiger partial charge on any atom is -0.439 e. The number of esters is 1. The smallest absolute Gasteiger partial charge is 0.434 e. The first kappa shape index (κ1) is 29.2. The molecule has 1 N–H and O–H groups in total.